The minimum Gasteiger partial charge on any atom is -0.290 e. The van der Waals surface area contributed by atoms with Crippen molar-refractivity contribution in [3.05, 3.63) is 17.0 Å². The van der Waals surface area contributed by atoms with Crippen LogP contribution >= 0.6 is 0 Å². The number of aromatic nitrogens is 2. The van der Waals surface area contributed by atoms with Crippen molar-refractivity contribution in [2.24, 2.45) is 0 Å². The van der Waals surface area contributed by atoms with Gasteiger partial charge in [0.25, 0.3) is 0 Å². The molecule has 2 heterocycles. The quantitative estimate of drug-likeness (QED) is 0.778. The Labute approximate surface area is 85.3 Å². The summed E-state index contributed by atoms with van der Waals surface area (Å²) in [4.78, 5) is 1.41. The first-order chi connectivity index (χ1) is 6.96. The summed E-state index contributed by atoms with van der Waals surface area (Å²) < 4.78 is 36.5. The fourth-order valence-electron chi connectivity index (χ4n) is 1.87. The fraction of sp³-hybridized carbons (Fsp3) is 0.667. The highest BCUT2D eigenvalue weighted by atomic mass is 19.4. The molecule has 0 fully saturated rings. The minimum atomic E-state index is -4.12. The SMILES string of the molecule is Cc1[nH]nc2c1CN(CC(F)(F)F)CC2. The van der Waals surface area contributed by atoms with Crippen LogP contribution in [0.1, 0.15) is 17.0 Å². The zero-order chi connectivity index (χ0) is 11.1. The number of hydrogen-bond acceptors (Lipinski definition) is 2. The summed E-state index contributed by atoms with van der Waals surface area (Å²) in [6.07, 6.45) is -3.52. The molecule has 0 radical (unpaired) electrons. The van der Waals surface area contributed by atoms with E-state index in [1.165, 1.54) is 4.90 Å². The summed E-state index contributed by atoms with van der Waals surface area (Å²) in [7, 11) is 0. The largest absolute Gasteiger partial charge is 0.401 e. The van der Waals surface area contributed by atoms with Gasteiger partial charge in [-0.2, -0.15) is 18.3 Å². The number of aromatic amines is 1. The summed E-state index contributed by atoms with van der Waals surface area (Å²) in [5, 5.41) is 6.86. The predicted molar refractivity (Wildman–Crippen MR) is 48.4 cm³/mol. The number of nitrogens with zero attached hydrogens (tertiary/aromatic N) is 2. The van der Waals surface area contributed by atoms with Gasteiger partial charge in [-0.3, -0.25) is 10.00 Å². The average Bonchev–Trinajstić information content (AvgIpc) is 2.45. The van der Waals surface area contributed by atoms with Crippen LogP contribution in [-0.2, 0) is 13.0 Å². The molecule has 1 aliphatic rings. The summed E-state index contributed by atoms with van der Waals surface area (Å²) >= 11 is 0. The van der Waals surface area contributed by atoms with Gasteiger partial charge < -0.3 is 0 Å². The van der Waals surface area contributed by atoms with Crippen LogP contribution in [0.5, 0.6) is 0 Å². The first kappa shape index (κ1) is 10.5. The molecule has 0 aromatic carbocycles. The predicted octanol–water partition coefficient (Wildman–Crippen LogP) is 1.64. The van der Waals surface area contributed by atoms with E-state index in [0.29, 0.717) is 19.5 Å². The van der Waals surface area contributed by atoms with Crippen molar-refractivity contribution in [2.75, 3.05) is 13.1 Å². The number of aryl methyl sites for hydroxylation is 1. The molecule has 0 saturated carbocycles. The molecule has 6 heteroatoms. The van der Waals surface area contributed by atoms with Crippen LogP contribution in [0.3, 0.4) is 0 Å². The van der Waals surface area contributed by atoms with Crippen LogP contribution in [0.2, 0.25) is 0 Å². The van der Waals surface area contributed by atoms with Crippen LogP contribution in [0.25, 0.3) is 0 Å². The molecule has 84 valence electrons. The molecule has 1 N–H and O–H groups in total. The normalized spacial score (nSPS) is 17.9. The van der Waals surface area contributed by atoms with Gasteiger partial charge in [0.15, 0.2) is 0 Å². The van der Waals surface area contributed by atoms with Crippen LogP contribution < -0.4 is 0 Å². The molecule has 0 unspecified atom stereocenters. The maximum Gasteiger partial charge on any atom is 0.401 e. The van der Waals surface area contributed by atoms with E-state index < -0.39 is 12.7 Å². The highest BCUT2D eigenvalue weighted by Crippen LogP contribution is 2.23. The van der Waals surface area contributed by atoms with Gasteiger partial charge in [0, 0.05) is 30.8 Å². The Morgan fingerprint density at radius 1 is 1.47 bits per heavy atom. The Bertz CT molecular complexity index is 356. The molecule has 2 rings (SSSR count). The van der Waals surface area contributed by atoms with Gasteiger partial charge in [-0.25, -0.2) is 0 Å². The van der Waals surface area contributed by atoms with Crippen LogP contribution in [-0.4, -0.2) is 34.4 Å². The lowest BCUT2D eigenvalue weighted by molar-refractivity contribution is -0.147. The van der Waals surface area contributed by atoms with Crippen molar-refractivity contribution in [1.82, 2.24) is 15.1 Å². The lowest BCUT2D eigenvalue weighted by Gasteiger charge is -2.27. The molecule has 0 amide bonds. The third-order valence-corrected chi connectivity index (χ3v) is 2.61. The van der Waals surface area contributed by atoms with Gasteiger partial charge in [-0.05, 0) is 6.92 Å². The van der Waals surface area contributed by atoms with Crippen molar-refractivity contribution in [2.45, 2.75) is 26.1 Å². The molecule has 0 atom stereocenters. The van der Waals surface area contributed by atoms with E-state index in [1.807, 2.05) is 6.92 Å². The molecule has 1 aliphatic heterocycles. The van der Waals surface area contributed by atoms with Crippen LogP contribution in [0, 0.1) is 6.92 Å². The van der Waals surface area contributed by atoms with E-state index in [1.54, 1.807) is 0 Å². The maximum atomic E-state index is 12.2. The summed E-state index contributed by atoms with van der Waals surface area (Å²) in [6.45, 7) is 1.77. The average molecular weight is 219 g/mol. The lowest BCUT2D eigenvalue weighted by atomic mass is 10.1. The third-order valence-electron chi connectivity index (χ3n) is 2.61. The van der Waals surface area contributed by atoms with Gasteiger partial charge in [0.1, 0.15) is 0 Å². The first-order valence-corrected chi connectivity index (χ1v) is 4.77. The highest BCUT2D eigenvalue weighted by Gasteiger charge is 2.32. The Morgan fingerprint density at radius 2 is 2.20 bits per heavy atom. The van der Waals surface area contributed by atoms with Crippen molar-refractivity contribution in [3.63, 3.8) is 0 Å². The maximum absolute atomic E-state index is 12.2. The van der Waals surface area contributed by atoms with Crippen molar-refractivity contribution in [3.8, 4) is 0 Å². The lowest BCUT2D eigenvalue weighted by Crippen LogP contribution is -2.37. The molecule has 0 aliphatic carbocycles. The number of H-pyrrole nitrogens is 1. The highest BCUT2D eigenvalue weighted by molar-refractivity contribution is 5.26. The molecule has 1 aromatic rings. The van der Waals surface area contributed by atoms with Gasteiger partial charge in [0.2, 0.25) is 0 Å². The number of halogens is 3. The van der Waals surface area contributed by atoms with E-state index in [2.05, 4.69) is 10.2 Å². The van der Waals surface area contributed by atoms with Crippen molar-refractivity contribution in [1.29, 1.82) is 0 Å². The number of alkyl halides is 3. The zero-order valence-corrected chi connectivity index (χ0v) is 8.36. The Balaban J connectivity index is 2.08. The summed E-state index contributed by atoms with van der Waals surface area (Å²) in [6, 6.07) is 0. The van der Waals surface area contributed by atoms with Gasteiger partial charge in [-0.15, -0.1) is 0 Å². The zero-order valence-electron chi connectivity index (χ0n) is 8.36. The van der Waals surface area contributed by atoms with Gasteiger partial charge >= 0.3 is 6.18 Å². The molecule has 3 nitrogen and oxygen atoms in total. The van der Waals surface area contributed by atoms with E-state index in [4.69, 9.17) is 0 Å². The molecular formula is C9H12F3N3. The van der Waals surface area contributed by atoms with E-state index in [9.17, 15) is 13.2 Å². The van der Waals surface area contributed by atoms with Crippen LogP contribution in [0.15, 0.2) is 0 Å². The minimum absolute atomic E-state index is 0.344. The molecule has 0 saturated heterocycles. The molecule has 0 bridgehead atoms. The molecule has 15 heavy (non-hydrogen) atoms. The molecule has 0 spiro atoms. The Kier molecular flexibility index (Phi) is 2.46. The molecular weight excluding hydrogens is 207 g/mol. The second kappa shape index (κ2) is 3.52. The van der Waals surface area contributed by atoms with E-state index in [0.717, 1.165) is 17.0 Å². The van der Waals surface area contributed by atoms with Crippen LogP contribution in [0.4, 0.5) is 13.2 Å². The fourth-order valence-corrected chi connectivity index (χ4v) is 1.87. The monoisotopic (exact) mass is 219 g/mol. The number of hydrogen-bond donors (Lipinski definition) is 1. The second-order valence-corrected chi connectivity index (χ2v) is 3.85. The first-order valence-electron chi connectivity index (χ1n) is 4.77. The third kappa shape index (κ3) is 2.31. The number of nitrogens with one attached hydrogen (secondary N) is 1. The van der Waals surface area contributed by atoms with E-state index >= 15 is 0 Å². The standard InChI is InChI=1S/C9H12F3N3/c1-6-7-4-15(5-9(10,11)12)3-2-8(7)14-13-6/h2-5H2,1H3,(H,13,14). The van der Waals surface area contributed by atoms with E-state index in [-0.39, 0.29) is 0 Å². The van der Waals surface area contributed by atoms with Gasteiger partial charge in [0.05, 0.1) is 12.2 Å². The van der Waals surface area contributed by atoms with Crippen molar-refractivity contribution >= 4 is 0 Å². The van der Waals surface area contributed by atoms with Gasteiger partial charge in [-0.1, -0.05) is 0 Å². The number of fused-ring (bicyclic) bond motifs is 1. The van der Waals surface area contributed by atoms with Crippen molar-refractivity contribution < 1.29 is 13.2 Å². The molecule has 1 aromatic heterocycles. The summed E-state index contributed by atoms with van der Waals surface area (Å²) in [5.74, 6) is 0. The Morgan fingerprint density at radius 3 is 2.87 bits per heavy atom. The smallest absolute Gasteiger partial charge is 0.290 e. The number of rotatable bonds is 1. The topological polar surface area (TPSA) is 31.9 Å². The second-order valence-electron chi connectivity index (χ2n) is 3.85. The summed E-state index contributed by atoms with van der Waals surface area (Å²) in [5.41, 5.74) is 2.70. The Hall–Kier alpha value is -1.04.